The van der Waals surface area contributed by atoms with Gasteiger partial charge in [0.1, 0.15) is 0 Å². The van der Waals surface area contributed by atoms with E-state index in [2.05, 4.69) is 13.0 Å². The van der Waals surface area contributed by atoms with Gasteiger partial charge in [-0.15, -0.1) is 11.8 Å². The minimum absolute atomic E-state index is 0.0357. The molecule has 3 nitrogen and oxygen atoms in total. The molecule has 0 amide bonds. The molecule has 118 valence electrons. The average Bonchev–Trinajstić information content (AvgIpc) is 2.52. The normalized spacial score (nSPS) is 14.6. The second-order valence-electron chi connectivity index (χ2n) is 5.69. The Labute approximate surface area is 141 Å². The summed E-state index contributed by atoms with van der Waals surface area (Å²) >= 11 is 7.07. The fourth-order valence-corrected chi connectivity index (χ4v) is 3.53. The van der Waals surface area contributed by atoms with Crippen LogP contribution in [0.4, 0.5) is 0 Å². The van der Waals surface area contributed by atoms with E-state index in [0.29, 0.717) is 18.1 Å². The number of carbonyl (C=O) groups is 1. The molecule has 0 aliphatic carbocycles. The zero-order valence-electron chi connectivity index (χ0n) is 12.9. The van der Waals surface area contributed by atoms with Crippen molar-refractivity contribution >= 4 is 34.1 Å². The number of carboxylic acids is 1. The van der Waals surface area contributed by atoms with Crippen molar-refractivity contribution in [3.8, 4) is 6.07 Å². The molecule has 0 fully saturated rings. The molecule has 1 rings (SSSR count). The molecule has 0 aliphatic rings. The highest BCUT2D eigenvalue weighted by Gasteiger charge is 2.25. The Morgan fingerprint density at radius 1 is 1.41 bits per heavy atom. The van der Waals surface area contributed by atoms with Crippen LogP contribution in [0.2, 0.25) is 0 Å². The Balaban J connectivity index is 2.47. The van der Waals surface area contributed by atoms with Gasteiger partial charge in [0.25, 0.3) is 0 Å². The molecular formula is C17H21NO2S2. The van der Waals surface area contributed by atoms with Crippen LogP contribution in [0.3, 0.4) is 0 Å². The number of thiocarbonyl (C=S) groups is 1. The van der Waals surface area contributed by atoms with E-state index >= 15 is 0 Å². The highest BCUT2D eigenvalue weighted by atomic mass is 32.2. The van der Waals surface area contributed by atoms with Crippen LogP contribution < -0.4 is 0 Å². The van der Waals surface area contributed by atoms with Crippen molar-refractivity contribution in [2.45, 2.75) is 44.8 Å². The minimum atomic E-state index is -0.853. The first-order valence-corrected chi connectivity index (χ1v) is 8.54. The lowest BCUT2D eigenvalue weighted by atomic mass is 9.82. The van der Waals surface area contributed by atoms with Crippen LogP contribution in [0, 0.1) is 16.7 Å². The zero-order chi connectivity index (χ0) is 16.6. The van der Waals surface area contributed by atoms with Crippen molar-refractivity contribution in [3.63, 3.8) is 0 Å². The van der Waals surface area contributed by atoms with E-state index < -0.39 is 11.4 Å². The van der Waals surface area contributed by atoms with Crippen LogP contribution in [-0.4, -0.2) is 20.5 Å². The molecule has 0 saturated carbocycles. The van der Waals surface area contributed by atoms with E-state index in [1.54, 1.807) is 11.8 Å². The largest absolute Gasteiger partial charge is 0.481 e. The molecule has 0 aliphatic heterocycles. The second kappa shape index (κ2) is 8.92. The predicted molar refractivity (Wildman–Crippen MR) is 95.0 cm³/mol. The molecule has 0 bridgehead atoms. The van der Waals surface area contributed by atoms with E-state index in [0.717, 1.165) is 16.2 Å². The van der Waals surface area contributed by atoms with Crippen molar-refractivity contribution in [3.05, 3.63) is 35.9 Å². The summed E-state index contributed by atoms with van der Waals surface area (Å²) in [5.41, 5.74) is 0.463. The van der Waals surface area contributed by atoms with Crippen LogP contribution in [0.25, 0.3) is 0 Å². The second-order valence-corrected chi connectivity index (χ2v) is 7.80. The fourth-order valence-electron chi connectivity index (χ4n) is 2.03. The predicted octanol–water partition coefficient (Wildman–Crippen LogP) is 4.66. The highest BCUT2D eigenvalue weighted by molar-refractivity contribution is 8.24. The maximum atomic E-state index is 10.7. The van der Waals surface area contributed by atoms with E-state index in [-0.39, 0.29) is 6.42 Å². The number of hydrogen-bond donors (Lipinski definition) is 1. The van der Waals surface area contributed by atoms with Crippen molar-refractivity contribution in [1.82, 2.24) is 0 Å². The number of benzene rings is 1. The molecule has 2 unspecified atom stereocenters. The van der Waals surface area contributed by atoms with Crippen LogP contribution in [0.15, 0.2) is 30.3 Å². The Kier molecular flexibility index (Phi) is 7.57. The van der Waals surface area contributed by atoms with Gasteiger partial charge in [-0.05, 0) is 31.7 Å². The Bertz CT molecular complexity index is 554. The summed E-state index contributed by atoms with van der Waals surface area (Å²) in [6, 6.07) is 12.1. The number of nitriles is 1. The molecule has 22 heavy (non-hydrogen) atoms. The number of carboxylic acid groups (broad SMARTS) is 1. The van der Waals surface area contributed by atoms with Gasteiger partial charge in [0, 0.05) is 11.7 Å². The minimum Gasteiger partial charge on any atom is -0.481 e. The van der Waals surface area contributed by atoms with Gasteiger partial charge < -0.3 is 5.11 Å². The Morgan fingerprint density at radius 3 is 2.59 bits per heavy atom. The van der Waals surface area contributed by atoms with Crippen LogP contribution in [0.1, 0.15) is 45.1 Å². The zero-order valence-corrected chi connectivity index (χ0v) is 14.5. The summed E-state index contributed by atoms with van der Waals surface area (Å²) in [6.07, 6.45) is 1.94. The summed E-state index contributed by atoms with van der Waals surface area (Å²) in [6.45, 7) is 3.93. The summed E-state index contributed by atoms with van der Waals surface area (Å²) in [5.74, 6) is -0.853. The van der Waals surface area contributed by atoms with Gasteiger partial charge in [-0.1, -0.05) is 49.5 Å². The topological polar surface area (TPSA) is 61.1 Å². The van der Waals surface area contributed by atoms with E-state index in [9.17, 15) is 10.1 Å². The van der Waals surface area contributed by atoms with Gasteiger partial charge in [0.15, 0.2) is 0 Å². The van der Waals surface area contributed by atoms with Gasteiger partial charge in [-0.2, -0.15) is 5.26 Å². The van der Waals surface area contributed by atoms with Crippen molar-refractivity contribution in [2.75, 3.05) is 0 Å². The Morgan fingerprint density at radius 2 is 2.05 bits per heavy atom. The van der Waals surface area contributed by atoms with E-state index in [4.69, 9.17) is 17.3 Å². The number of thioether (sulfide) groups is 1. The lowest BCUT2D eigenvalue weighted by Gasteiger charge is -2.22. The quantitative estimate of drug-likeness (QED) is 0.700. The number of hydrogen-bond acceptors (Lipinski definition) is 4. The summed E-state index contributed by atoms with van der Waals surface area (Å²) in [4.78, 5) is 10.7. The summed E-state index contributed by atoms with van der Waals surface area (Å²) < 4.78 is 0.859. The number of aliphatic carboxylic acids is 1. The summed E-state index contributed by atoms with van der Waals surface area (Å²) in [5, 5.41) is 18.4. The first-order valence-electron chi connectivity index (χ1n) is 7.25. The monoisotopic (exact) mass is 335 g/mol. The number of nitrogens with zero attached hydrogens (tertiary/aromatic N) is 1. The SMILES string of the molecule is CC(CCC(C)(C#N)CCC(=O)O)SC(=S)c1ccccc1. The molecule has 1 aromatic carbocycles. The number of rotatable bonds is 8. The average molecular weight is 335 g/mol. The molecule has 1 aromatic rings. The lowest BCUT2D eigenvalue weighted by Crippen LogP contribution is -2.18. The third kappa shape index (κ3) is 6.59. The third-order valence-electron chi connectivity index (χ3n) is 3.58. The standard InChI is InChI=1S/C17H21NO2S2/c1-13(22-16(21)14-6-4-3-5-7-14)8-10-17(2,12-18)11-9-15(19)20/h3-7,13H,8-11H2,1-2H3,(H,19,20). The van der Waals surface area contributed by atoms with Gasteiger partial charge in [0.2, 0.25) is 0 Å². The van der Waals surface area contributed by atoms with Crippen molar-refractivity contribution in [1.29, 1.82) is 5.26 Å². The van der Waals surface area contributed by atoms with Crippen LogP contribution in [-0.2, 0) is 4.79 Å². The molecule has 0 spiro atoms. The van der Waals surface area contributed by atoms with Crippen LogP contribution >= 0.6 is 24.0 Å². The van der Waals surface area contributed by atoms with Crippen molar-refractivity contribution < 1.29 is 9.90 Å². The fraction of sp³-hybridized carbons (Fsp3) is 0.471. The van der Waals surface area contributed by atoms with E-state index in [1.165, 1.54) is 0 Å². The molecule has 0 aromatic heterocycles. The molecule has 0 radical (unpaired) electrons. The van der Waals surface area contributed by atoms with Gasteiger partial charge in [-0.3, -0.25) is 4.79 Å². The van der Waals surface area contributed by atoms with Crippen LogP contribution in [0.5, 0.6) is 0 Å². The maximum Gasteiger partial charge on any atom is 0.303 e. The molecule has 0 heterocycles. The van der Waals surface area contributed by atoms with Gasteiger partial charge in [0.05, 0.1) is 15.7 Å². The molecule has 0 saturated heterocycles. The molecular weight excluding hydrogens is 314 g/mol. The van der Waals surface area contributed by atoms with E-state index in [1.807, 2.05) is 37.3 Å². The maximum absolute atomic E-state index is 10.7. The lowest BCUT2D eigenvalue weighted by molar-refractivity contribution is -0.137. The first-order chi connectivity index (χ1) is 10.4. The third-order valence-corrected chi connectivity index (χ3v) is 5.19. The highest BCUT2D eigenvalue weighted by Crippen LogP contribution is 2.32. The van der Waals surface area contributed by atoms with Crippen molar-refractivity contribution in [2.24, 2.45) is 5.41 Å². The molecule has 1 N–H and O–H groups in total. The first kappa shape index (κ1) is 18.7. The molecule has 5 heteroatoms. The van der Waals surface area contributed by atoms with Gasteiger partial charge >= 0.3 is 5.97 Å². The summed E-state index contributed by atoms with van der Waals surface area (Å²) in [7, 11) is 0. The van der Waals surface area contributed by atoms with Gasteiger partial charge in [-0.25, -0.2) is 0 Å². The Hall–Kier alpha value is -1.38. The molecule has 2 atom stereocenters. The smallest absolute Gasteiger partial charge is 0.303 e.